The molecule has 490 valence electrons. The van der Waals surface area contributed by atoms with E-state index in [1.165, 1.54) is 16.7 Å². The van der Waals surface area contributed by atoms with E-state index in [4.69, 9.17) is 0 Å². The maximum atomic E-state index is 13.2. The van der Waals surface area contributed by atoms with Crippen molar-refractivity contribution < 1.29 is 35.7 Å². The van der Waals surface area contributed by atoms with Crippen molar-refractivity contribution in [1.82, 2.24) is 0 Å². The first-order valence-electron chi connectivity index (χ1n) is 34.4. The van der Waals surface area contributed by atoms with Crippen molar-refractivity contribution in [2.75, 3.05) is 0 Å². The molecule has 10 aromatic carbocycles. The standard InChI is InChI=1S/C88H96O7/c1-51(2)61-21-20-60-19-16-56(11)66-15-13-14-58(33-66)34-72-35-59(36-73(85(72)93)43-68-38-62(52(3)4)22-28-81(68)89)32-57-17-26-78(27-18-57)88(12,79-47-74(42-67(60)37-61)86(94)75(48-79)44-69-39-63(53(5)6)23-29-82(69)90)80-49-76(45-70-40-64(54(7)8)24-30-83(70)91)87(95)77(50-80)46-71-41-65(55(9)10)25-31-84(71)92/h13-15,17-18,20-31,33,35-41,47-56,89-95H,16,19,32,34,42-46H2,1-12H3. The van der Waals surface area contributed by atoms with Gasteiger partial charge in [0, 0.05) is 43.9 Å². The summed E-state index contributed by atoms with van der Waals surface area (Å²) in [6, 6.07) is 60.1. The van der Waals surface area contributed by atoms with Gasteiger partial charge in [0.1, 0.15) is 40.2 Å². The van der Waals surface area contributed by atoms with Gasteiger partial charge in [0.15, 0.2) is 0 Å². The van der Waals surface area contributed by atoms with Crippen molar-refractivity contribution in [3.05, 3.63) is 309 Å². The summed E-state index contributed by atoms with van der Waals surface area (Å²) in [5, 5.41) is 84.9. The monoisotopic (exact) mass is 1260 g/mol. The fourth-order valence-corrected chi connectivity index (χ4v) is 14.2. The smallest absolute Gasteiger partial charge is 0.122 e. The molecule has 0 saturated carbocycles. The molecule has 7 nitrogen and oxygen atoms in total. The van der Waals surface area contributed by atoms with Gasteiger partial charge < -0.3 is 35.7 Å². The summed E-state index contributed by atoms with van der Waals surface area (Å²) in [7, 11) is 0. The highest BCUT2D eigenvalue weighted by atomic mass is 16.3. The van der Waals surface area contributed by atoms with E-state index in [9.17, 15) is 35.7 Å². The van der Waals surface area contributed by atoms with Crippen LogP contribution >= 0.6 is 0 Å². The van der Waals surface area contributed by atoms with Gasteiger partial charge >= 0.3 is 0 Å². The molecule has 2 atom stereocenters. The van der Waals surface area contributed by atoms with Gasteiger partial charge in [0.2, 0.25) is 0 Å². The highest BCUT2D eigenvalue weighted by Gasteiger charge is 2.35. The molecular weight excluding hydrogens is 1170 g/mol. The first-order chi connectivity index (χ1) is 45.3. The Morgan fingerprint density at radius 2 is 0.737 bits per heavy atom. The summed E-state index contributed by atoms with van der Waals surface area (Å²) in [6.07, 6.45) is 4.13. The molecule has 0 fully saturated rings. The molecule has 0 aromatic heterocycles. The lowest BCUT2D eigenvalue weighted by Crippen LogP contribution is -2.27. The van der Waals surface area contributed by atoms with Gasteiger partial charge in [-0.15, -0.1) is 0 Å². The summed E-state index contributed by atoms with van der Waals surface area (Å²) in [5.41, 5.74) is 20.9. The van der Waals surface area contributed by atoms with Crippen molar-refractivity contribution in [3.63, 3.8) is 0 Å². The number of hydrogen-bond donors (Lipinski definition) is 7. The van der Waals surface area contributed by atoms with Gasteiger partial charge in [0.25, 0.3) is 0 Å². The molecule has 10 aromatic rings. The highest BCUT2D eigenvalue weighted by molar-refractivity contribution is 5.62. The minimum Gasteiger partial charge on any atom is -0.508 e. The first kappa shape index (κ1) is 67.2. The molecule has 7 N–H and O–H groups in total. The van der Waals surface area contributed by atoms with Crippen LogP contribution in [-0.2, 0) is 56.8 Å². The highest BCUT2D eigenvalue weighted by Crippen LogP contribution is 2.47. The Morgan fingerprint density at radius 1 is 0.326 bits per heavy atom. The van der Waals surface area contributed by atoms with Crippen LogP contribution in [0.1, 0.15) is 259 Å². The number of aromatic hydroxyl groups is 7. The number of rotatable bonds is 14. The Morgan fingerprint density at radius 3 is 1.20 bits per heavy atom. The quantitative estimate of drug-likeness (QED) is 0.0575. The van der Waals surface area contributed by atoms with Crippen LogP contribution in [0.3, 0.4) is 0 Å². The molecule has 0 heterocycles. The van der Waals surface area contributed by atoms with Crippen LogP contribution < -0.4 is 0 Å². The van der Waals surface area contributed by atoms with Crippen LogP contribution in [-0.4, -0.2) is 35.7 Å². The summed E-state index contributed by atoms with van der Waals surface area (Å²) >= 11 is 0. The Balaban J connectivity index is 1.18. The second kappa shape index (κ2) is 28.0. The average molecular weight is 1270 g/mol. The van der Waals surface area contributed by atoms with Crippen LogP contribution in [0.25, 0.3) is 0 Å². The minimum atomic E-state index is -1.04. The average Bonchev–Trinajstić information content (AvgIpc) is 0.742. The predicted molar refractivity (Wildman–Crippen MR) is 388 cm³/mol. The van der Waals surface area contributed by atoms with Crippen LogP contribution in [0.5, 0.6) is 40.2 Å². The normalized spacial score (nSPS) is 15.2. The Labute approximate surface area is 564 Å². The van der Waals surface area contributed by atoms with Crippen LogP contribution in [0.15, 0.2) is 176 Å². The van der Waals surface area contributed by atoms with Gasteiger partial charge in [-0.2, -0.15) is 0 Å². The summed E-state index contributed by atoms with van der Waals surface area (Å²) in [4.78, 5) is 0. The van der Waals surface area contributed by atoms with E-state index in [1.807, 2.05) is 36.4 Å². The van der Waals surface area contributed by atoms with Crippen LogP contribution in [0.4, 0.5) is 0 Å². The molecule has 0 spiro atoms. The maximum Gasteiger partial charge on any atom is 0.122 e. The molecule has 2 aliphatic rings. The summed E-state index contributed by atoms with van der Waals surface area (Å²) < 4.78 is 0. The molecule has 95 heavy (non-hydrogen) atoms. The largest absolute Gasteiger partial charge is 0.508 e. The third-order valence-electron chi connectivity index (χ3n) is 20.6. The SMILES string of the molecule is CC(C)c1ccc(O)c(Cc2cc3cc(c2O)Cc2cccc(c2)C(C)CCc2ccc(C(C)C)cc2Cc2cc(cc(Cc4cc(C(C)C)ccc4O)c2O)C(C)(c2cc(Cc4cc(C(C)C)ccc4O)c(O)c(Cc4cc(C(C)C)ccc4O)c2)c2ccc(cc2)C3)c1. The second-order valence-corrected chi connectivity index (χ2v) is 29.1. The van der Waals surface area contributed by atoms with E-state index in [-0.39, 0.29) is 95.0 Å². The van der Waals surface area contributed by atoms with E-state index in [0.29, 0.717) is 59.1 Å². The van der Waals surface area contributed by atoms with Crippen molar-refractivity contribution in [3.8, 4) is 40.2 Å². The van der Waals surface area contributed by atoms with Crippen LogP contribution in [0, 0.1) is 0 Å². The lowest BCUT2D eigenvalue weighted by Gasteiger charge is -2.34. The minimum absolute atomic E-state index is 0.0805. The fourth-order valence-electron chi connectivity index (χ4n) is 14.2. The summed E-state index contributed by atoms with van der Waals surface area (Å²) in [6.45, 7) is 26.0. The van der Waals surface area contributed by atoms with Gasteiger partial charge in [-0.1, -0.05) is 228 Å². The predicted octanol–water partition coefficient (Wildman–Crippen LogP) is 20.8. The Bertz CT molecular complexity index is 4370. The van der Waals surface area contributed by atoms with Crippen molar-refractivity contribution in [2.24, 2.45) is 0 Å². The molecule has 0 aliphatic heterocycles. The fraction of sp³-hybridized carbons (Fsp3) is 0.318. The molecule has 2 unspecified atom stereocenters. The molecular formula is C88H96O7. The van der Waals surface area contributed by atoms with Crippen molar-refractivity contribution in [1.29, 1.82) is 0 Å². The maximum absolute atomic E-state index is 13.2. The number of benzene rings is 10. The molecule has 0 radical (unpaired) electrons. The van der Waals surface area contributed by atoms with E-state index >= 15 is 0 Å². The van der Waals surface area contributed by atoms with Gasteiger partial charge in [-0.05, 0) is 219 Å². The van der Waals surface area contributed by atoms with E-state index in [2.05, 4.69) is 198 Å². The van der Waals surface area contributed by atoms with Crippen molar-refractivity contribution in [2.45, 2.75) is 182 Å². The Hall–Kier alpha value is -9.20. The third kappa shape index (κ3) is 14.7. The molecule has 12 rings (SSSR count). The zero-order chi connectivity index (χ0) is 67.7. The first-order valence-corrected chi connectivity index (χ1v) is 34.4. The van der Waals surface area contributed by atoms with Gasteiger partial charge in [0.05, 0.1) is 0 Å². The third-order valence-corrected chi connectivity index (χ3v) is 20.6. The second-order valence-electron chi connectivity index (χ2n) is 29.1. The van der Waals surface area contributed by atoms with Crippen LogP contribution in [0.2, 0.25) is 0 Å². The van der Waals surface area contributed by atoms with Crippen molar-refractivity contribution >= 4 is 0 Å². The van der Waals surface area contributed by atoms with E-state index < -0.39 is 5.41 Å². The lowest BCUT2D eigenvalue weighted by molar-refractivity contribution is 0.455. The topological polar surface area (TPSA) is 142 Å². The molecule has 0 saturated heterocycles. The van der Waals surface area contributed by atoms with Gasteiger partial charge in [-0.25, -0.2) is 0 Å². The summed E-state index contributed by atoms with van der Waals surface area (Å²) in [5.74, 6) is 2.34. The molecule has 2 aliphatic carbocycles. The lowest BCUT2D eigenvalue weighted by atomic mass is 9.68. The number of hydrogen-bond acceptors (Lipinski definition) is 7. The van der Waals surface area contributed by atoms with E-state index in [0.717, 1.165) is 96.3 Å². The van der Waals surface area contributed by atoms with Gasteiger partial charge in [-0.3, -0.25) is 0 Å². The zero-order valence-electron chi connectivity index (χ0n) is 57.7. The van der Waals surface area contributed by atoms with E-state index in [1.54, 1.807) is 24.3 Å². The molecule has 8 bridgehead atoms. The molecule has 0 amide bonds. The zero-order valence-corrected chi connectivity index (χ0v) is 57.7. The molecule has 7 heteroatoms. The number of aryl methyl sites for hydroxylation is 1. The number of phenolic OH excluding ortho intramolecular Hbond substituents is 7. The Kier molecular flexibility index (Phi) is 19.8. The number of fused-ring (bicyclic) bond motifs is 4. The number of phenols is 7.